The fraction of sp³-hybridized carbons (Fsp3) is 0.0909. The number of aromatic nitrogens is 1. The van der Waals surface area contributed by atoms with Crippen LogP contribution < -0.4 is 4.90 Å². The Morgan fingerprint density at radius 2 is 0.873 bits per heavy atom. The van der Waals surface area contributed by atoms with Crippen LogP contribution in [-0.2, 0) is 5.41 Å². The molecule has 2 nitrogen and oxygen atoms in total. The SMILES string of the molecule is c1ccc(-n2c3ccccc3c3c(-c4ccc(N(c5ccc(-c6cccc7c6-c6ccccc6C7(c6ccccc6)c6ccccc6)cc5)c5ccccc5-c5cccc6cccc(C7CCCCC7)c56)cc4)cccc32)cc1. The lowest BCUT2D eigenvalue weighted by atomic mass is 9.67. The van der Waals surface area contributed by atoms with Gasteiger partial charge in [0.25, 0.3) is 0 Å². The van der Waals surface area contributed by atoms with E-state index < -0.39 is 5.41 Å². The largest absolute Gasteiger partial charge is 0.310 e. The van der Waals surface area contributed by atoms with Gasteiger partial charge in [-0.2, -0.15) is 0 Å². The van der Waals surface area contributed by atoms with Crippen molar-refractivity contribution in [3.63, 3.8) is 0 Å². The van der Waals surface area contributed by atoms with E-state index in [1.165, 1.54) is 137 Å². The quantitative estimate of drug-likeness (QED) is 0.133. The van der Waals surface area contributed by atoms with E-state index in [0.717, 1.165) is 22.7 Å². The standard InChI is InChI=1S/C77H58N2/c1-5-23-53(24-6-1)62-36-19-25-56-26-20-39-66(74(56)62)65-33-14-17-42-71(65)78(61-51-47-55(48-52-61)64-38-22-44-73-76(64)68-35-15-18-43-72(68)79(73)59-31-11-4-12-32-59)60-49-45-54(46-50-60)63-37-21-41-70-75(63)67-34-13-16-40-69(67)77(70,57-27-7-2-8-28-57)58-29-9-3-10-30-58/h2-4,7-22,25-53H,1,5-6,23-24H2. The van der Waals surface area contributed by atoms with Crippen LogP contribution in [0.3, 0.4) is 0 Å². The van der Waals surface area contributed by atoms with E-state index in [0.29, 0.717) is 5.92 Å². The van der Waals surface area contributed by atoms with E-state index >= 15 is 0 Å². The summed E-state index contributed by atoms with van der Waals surface area (Å²) in [5.74, 6) is 0.560. The Hall–Kier alpha value is -9.50. The second-order valence-electron chi connectivity index (χ2n) is 21.7. The van der Waals surface area contributed by atoms with Gasteiger partial charge in [-0.15, -0.1) is 0 Å². The van der Waals surface area contributed by atoms with Crippen LogP contribution in [0.25, 0.3) is 82.8 Å². The molecule has 0 unspecified atom stereocenters. The molecule has 0 amide bonds. The fourth-order valence-corrected chi connectivity index (χ4v) is 14.1. The molecule has 0 saturated heterocycles. The first-order chi connectivity index (χ1) is 39.2. The van der Waals surface area contributed by atoms with Gasteiger partial charge in [0.15, 0.2) is 0 Å². The highest BCUT2D eigenvalue weighted by Crippen LogP contribution is 2.58. The molecule has 15 rings (SSSR count). The van der Waals surface area contributed by atoms with Crippen LogP contribution in [0, 0.1) is 0 Å². The summed E-state index contributed by atoms with van der Waals surface area (Å²) in [4.78, 5) is 2.49. The number of rotatable bonds is 10. The second-order valence-corrected chi connectivity index (χ2v) is 21.7. The molecular formula is C77H58N2. The van der Waals surface area contributed by atoms with Crippen molar-refractivity contribution >= 4 is 49.6 Å². The highest BCUT2D eigenvalue weighted by molar-refractivity contribution is 6.16. The topological polar surface area (TPSA) is 8.17 Å². The van der Waals surface area contributed by atoms with Gasteiger partial charge < -0.3 is 9.47 Å². The van der Waals surface area contributed by atoms with E-state index in [1.54, 1.807) is 0 Å². The zero-order chi connectivity index (χ0) is 52.3. The van der Waals surface area contributed by atoms with Crippen LogP contribution in [0.4, 0.5) is 17.1 Å². The number of anilines is 3. The molecule has 2 aliphatic rings. The Bertz CT molecular complexity index is 4330. The van der Waals surface area contributed by atoms with E-state index in [-0.39, 0.29) is 0 Å². The minimum atomic E-state index is -0.472. The van der Waals surface area contributed by atoms with Crippen LogP contribution in [-0.4, -0.2) is 4.57 Å². The van der Waals surface area contributed by atoms with E-state index in [9.17, 15) is 0 Å². The molecule has 2 heteroatoms. The number of benzene rings is 12. The number of hydrogen-bond acceptors (Lipinski definition) is 1. The zero-order valence-corrected chi connectivity index (χ0v) is 44.1. The zero-order valence-electron chi connectivity index (χ0n) is 44.1. The Morgan fingerprint density at radius 3 is 1.59 bits per heavy atom. The Morgan fingerprint density at radius 1 is 0.354 bits per heavy atom. The minimum absolute atomic E-state index is 0.472. The third-order valence-electron chi connectivity index (χ3n) is 17.5. The monoisotopic (exact) mass is 1010 g/mol. The molecular weight excluding hydrogens is 953 g/mol. The Labute approximate surface area is 463 Å². The summed E-state index contributed by atoms with van der Waals surface area (Å²) in [6.07, 6.45) is 6.41. The molecule has 79 heavy (non-hydrogen) atoms. The van der Waals surface area contributed by atoms with Gasteiger partial charge in [-0.25, -0.2) is 0 Å². The van der Waals surface area contributed by atoms with Crippen molar-refractivity contribution in [2.75, 3.05) is 4.90 Å². The van der Waals surface area contributed by atoms with Gasteiger partial charge in [0.05, 0.1) is 22.1 Å². The summed E-state index contributed by atoms with van der Waals surface area (Å²) in [6.45, 7) is 0. The smallest absolute Gasteiger partial charge is 0.0713 e. The minimum Gasteiger partial charge on any atom is -0.310 e. The summed E-state index contributed by atoms with van der Waals surface area (Å²) in [5, 5.41) is 5.20. The van der Waals surface area contributed by atoms with E-state index in [4.69, 9.17) is 0 Å². The second kappa shape index (κ2) is 19.5. The molecule has 12 aromatic carbocycles. The van der Waals surface area contributed by atoms with Gasteiger partial charge in [0.2, 0.25) is 0 Å². The van der Waals surface area contributed by atoms with Crippen molar-refractivity contribution in [2.24, 2.45) is 0 Å². The highest BCUT2D eigenvalue weighted by atomic mass is 15.1. The third-order valence-corrected chi connectivity index (χ3v) is 17.5. The molecule has 1 fully saturated rings. The molecule has 13 aromatic rings. The summed E-state index contributed by atoms with van der Waals surface area (Å²) >= 11 is 0. The lowest BCUT2D eigenvalue weighted by Crippen LogP contribution is -2.28. The fourth-order valence-electron chi connectivity index (χ4n) is 14.1. The van der Waals surface area contributed by atoms with Gasteiger partial charge in [-0.05, 0) is 151 Å². The molecule has 0 atom stereocenters. The van der Waals surface area contributed by atoms with Crippen LogP contribution in [0.5, 0.6) is 0 Å². The summed E-state index contributed by atoms with van der Waals surface area (Å²) in [6, 6.07) is 106. The maximum absolute atomic E-state index is 2.49. The molecule has 376 valence electrons. The van der Waals surface area contributed by atoms with Crippen molar-refractivity contribution in [3.05, 3.63) is 313 Å². The lowest BCUT2D eigenvalue weighted by Gasteiger charge is -2.34. The van der Waals surface area contributed by atoms with Crippen LogP contribution in [0.1, 0.15) is 65.8 Å². The predicted octanol–water partition coefficient (Wildman–Crippen LogP) is 20.8. The van der Waals surface area contributed by atoms with Gasteiger partial charge in [-0.1, -0.05) is 250 Å². The average Bonchev–Trinajstić information content (AvgIpc) is 3.51. The van der Waals surface area contributed by atoms with Crippen LogP contribution >= 0.6 is 0 Å². The molecule has 1 saturated carbocycles. The van der Waals surface area contributed by atoms with Gasteiger partial charge in [0, 0.05) is 33.4 Å². The average molecular weight is 1010 g/mol. The van der Waals surface area contributed by atoms with Crippen molar-refractivity contribution in [1.29, 1.82) is 0 Å². The van der Waals surface area contributed by atoms with Crippen LogP contribution in [0.2, 0.25) is 0 Å². The van der Waals surface area contributed by atoms with E-state index in [2.05, 4.69) is 295 Å². The molecule has 0 N–H and O–H groups in total. The molecule has 1 heterocycles. The molecule has 0 radical (unpaired) electrons. The first-order valence-corrected chi connectivity index (χ1v) is 28.3. The first-order valence-electron chi connectivity index (χ1n) is 28.3. The summed E-state index contributed by atoms with van der Waals surface area (Å²) < 4.78 is 2.41. The molecule has 0 spiro atoms. The summed E-state index contributed by atoms with van der Waals surface area (Å²) in [5.41, 5.74) is 23.0. The number of hydrogen-bond donors (Lipinski definition) is 0. The number of fused-ring (bicyclic) bond motifs is 7. The van der Waals surface area contributed by atoms with Gasteiger partial charge >= 0.3 is 0 Å². The van der Waals surface area contributed by atoms with E-state index in [1.807, 2.05) is 0 Å². The first kappa shape index (κ1) is 46.8. The predicted molar refractivity (Wildman–Crippen MR) is 332 cm³/mol. The molecule has 2 aliphatic carbocycles. The van der Waals surface area contributed by atoms with Crippen molar-refractivity contribution in [2.45, 2.75) is 43.4 Å². The number of para-hydroxylation sites is 3. The number of nitrogens with zero attached hydrogens (tertiary/aromatic N) is 2. The van der Waals surface area contributed by atoms with Gasteiger partial charge in [0.1, 0.15) is 0 Å². The Balaban J connectivity index is 0.900. The third kappa shape index (κ3) is 7.61. The van der Waals surface area contributed by atoms with Gasteiger partial charge in [-0.3, -0.25) is 0 Å². The normalized spacial score (nSPS) is 13.9. The molecule has 0 aliphatic heterocycles. The van der Waals surface area contributed by atoms with Crippen molar-refractivity contribution in [3.8, 4) is 50.2 Å². The lowest BCUT2D eigenvalue weighted by molar-refractivity contribution is 0.445. The highest BCUT2D eigenvalue weighted by Gasteiger charge is 2.46. The van der Waals surface area contributed by atoms with Crippen molar-refractivity contribution < 1.29 is 0 Å². The van der Waals surface area contributed by atoms with Crippen LogP contribution in [0.15, 0.2) is 285 Å². The Kier molecular flexibility index (Phi) is 11.5. The summed E-state index contributed by atoms with van der Waals surface area (Å²) in [7, 11) is 0. The molecule has 0 bridgehead atoms. The molecule has 1 aromatic heterocycles. The maximum Gasteiger partial charge on any atom is 0.0713 e. The van der Waals surface area contributed by atoms with Crippen molar-refractivity contribution in [1.82, 2.24) is 4.57 Å². The maximum atomic E-state index is 2.49.